The Morgan fingerprint density at radius 2 is 1.89 bits per heavy atom. The molecule has 0 bridgehead atoms. The molecule has 0 aromatic heterocycles. The highest BCUT2D eigenvalue weighted by molar-refractivity contribution is 6.02. The minimum Gasteiger partial charge on any atom is -0.274 e. The van der Waals surface area contributed by atoms with E-state index >= 15 is 0 Å². The van der Waals surface area contributed by atoms with Crippen molar-refractivity contribution >= 4 is 17.8 Å². The zero-order valence-corrected chi connectivity index (χ0v) is 12.0. The van der Waals surface area contributed by atoms with Crippen LogP contribution >= 0.6 is 0 Å². The molecule has 0 aromatic carbocycles. The second kappa shape index (κ2) is 7.92. The molecule has 1 saturated heterocycles. The van der Waals surface area contributed by atoms with E-state index in [9.17, 15) is 14.4 Å². The zero-order chi connectivity index (χ0) is 14.3. The van der Waals surface area contributed by atoms with E-state index < -0.39 is 6.03 Å². The van der Waals surface area contributed by atoms with Gasteiger partial charge in [-0.1, -0.05) is 20.3 Å². The molecule has 1 aliphatic heterocycles. The Bertz CT molecular complexity index is 342. The fraction of sp³-hybridized carbons (Fsp3) is 0.786. The maximum atomic E-state index is 12.4. The van der Waals surface area contributed by atoms with Gasteiger partial charge in [-0.3, -0.25) is 19.4 Å². The van der Waals surface area contributed by atoms with E-state index in [4.69, 9.17) is 0 Å². The van der Waals surface area contributed by atoms with Gasteiger partial charge >= 0.3 is 6.03 Å². The van der Waals surface area contributed by atoms with E-state index in [1.807, 2.05) is 13.8 Å². The van der Waals surface area contributed by atoms with Crippen molar-refractivity contribution in [2.45, 2.75) is 58.8 Å². The molecule has 0 saturated carbocycles. The van der Waals surface area contributed by atoms with Gasteiger partial charge in [0.15, 0.2) is 0 Å². The van der Waals surface area contributed by atoms with Gasteiger partial charge in [-0.25, -0.2) is 4.79 Å². The minimum absolute atomic E-state index is 0.145. The Morgan fingerprint density at radius 1 is 1.16 bits per heavy atom. The summed E-state index contributed by atoms with van der Waals surface area (Å²) in [5.74, 6) is -0.320. The number of imide groups is 2. The summed E-state index contributed by atoms with van der Waals surface area (Å²) in [6.45, 7) is 4.66. The number of likely N-dealkylation sites (tertiary alicyclic amines) is 1. The number of rotatable bonds is 4. The Hall–Kier alpha value is -1.39. The third kappa shape index (κ3) is 4.33. The Labute approximate surface area is 114 Å². The summed E-state index contributed by atoms with van der Waals surface area (Å²) in [4.78, 5) is 38.8. The number of nitrogens with zero attached hydrogens (tertiary/aromatic N) is 2. The first kappa shape index (κ1) is 15.7. The highest BCUT2D eigenvalue weighted by atomic mass is 16.2. The molecule has 1 heterocycles. The van der Waals surface area contributed by atoms with Crippen LogP contribution < -0.4 is 0 Å². The summed E-state index contributed by atoms with van der Waals surface area (Å²) in [6.07, 6.45) is 4.82. The largest absolute Gasteiger partial charge is 0.333 e. The topological polar surface area (TPSA) is 57.7 Å². The summed E-state index contributed by atoms with van der Waals surface area (Å²) in [6, 6.07) is -0.424. The average Bonchev–Trinajstić information content (AvgIpc) is 2.60. The summed E-state index contributed by atoms with van der Waals surface area (Å²) in [5.41, 5.74) is 0. The van der Waals surface area contributed by atoms with E-state index in [0.29, 0.717) is 38.8 Å². The fourth-order valence-corrected chi connectivity index (χ4v) is 2.23. The van der Waals surface area contributed by atoms with Gasteiger partial charge in [-0.05, 0) is 25.7 Å². The first-order chi connectivity index (χ1) is 9.11. The van der Waals surface area contributed by atoms with E-state index in [2.05, 4.69) is 0 Å². The van der Waals surface area contributed by atoms with E-state index in [1.54, 1.807) is 0 Å². The Kier molecular flexibility index (Phi) is 6.53. The smallest absolute Gasteiger partial charge is 0.274 e. The number of carbonyl (C=O) groups excluding carboxylic acids is 3. The first-order valence-corrected chi connectivity index (χ1v) is 7.26. The van der Waals surface area contributed by atoms with Crippen LogP contribution in [0.1, 0.15) is 58.8 Å². The van der Waals surface area contributed by atoms with Crippen molar-refractivity contribution in [3.63, 3.8) is 0 Å². The monoisotopic (exact) mass is 268 g/mol. The maximum Gasteiger partial charge on any atom is 0.333 e. The van der Waals surface area contributed by atoms with Gasteiger partial charge in [0.1, 0.15) is 0 Å². The molecule has 0 N–H and O–H groups in total. The third-order valence-corrected chi connectivity index (χ3v) is 3.25. The van der Waals surface area contributed by atoms with Crippen molar-refractivity contribution in [2.75, 3.05) is 13.1 Å². The van der Waals surface area contributed by atoms with Crippen LogP contribution in [-0.4, -0.2) is 40.7 Å². The van der Waals surface area contributed by atoms with Gasteiger partial charge in [0.25, 0.3) is 0 Å². The highest BCUT2D eigenvalue weighted by Crippen LogP contribution is 2.14. The Balaban J connectivity index is 2.79. The average molecular weight is 268 g/mol. The second-order valence-electron chi connectivity index (χ2n) is 4.93. The number of carbonyl (C=O) groups is 3. The number of hydrogen-bond donors (Lipinski definition) is 0. The van der Waals surface area contributed by atoms with E-state index in [0.717, 1.165) is 19.3 Å². The molecule has 1 aliphatic rings. The molecule has 19 heavy (non-hydrogen) atoms. The van der Waals surface area contributed by atoms with Crippen molar-refractivity contribution in [3.8, 4) is 0 Å². The van der Waals surface area contributed by atoms with E-state index in [-0.39, 0.29) is 11.8 Å². The second-order valence-corrected chi connectivity index (χ2v) is 4.93. The van der Waals surface area contributed by atoms with Crippen molar-refractivity contribution in [1.29, 1.82) is 0 Å². The van der Waals surface area contributed by atoms with Crippen LogP contribution in [0, 0.1) is 0 Å². The first-order valence-electron chi connectivity index (χ1n) is 7.26. The van der Waals surface area contributed by atoms with Gasteiger partial charge < -0.3 is 0 Å². The van der Waals surface area contributed by atoms with Crippen LogP contribution in [0.4, 0.5) is 4.79 Å². The molecule has 0 unspecified atom stereocenters. The molecule has 1 fully saturated rings. The molecule has 0 spiro atoms. The lowest BCUT2D eigenvalue weighted by molar-refractivity contribution is -0.131. The van der Waals surface area contributed by atoms with Gasteiger partial charge in [-0.2, -0.15) is 0 Å². The molecule has 1 rings (SSSR count). The van der Waals surface area contributed by atoms with E-state index in [1.165, 1.54) is 9.80 Å². The van der Waals surface area contributed by atoms with Crippen molar-refractivity contribution in [2.24, 2.45) is 0 Å². The highest BCUT2D eigenvalue weighted by Gasteiger charge is 2.29. The lowest BCUT2D eigenvalue weighted by atomic mass is 10.2. The predicted molar refractivity (Wildman–Crippen MR) is 72.5 cm³/mol. The standard InChI is InChI=1S/C14H24N2O3/c1-3-8-12(17)15(10-4-2)14(19)16-11-7-5-6-9-13(16)18/h3-11H2,1-2H3. The Morgan fingerprint density at radius 3 is 2.53 bits per heavy atom. The molecule has 0 atom stereocenters. The fourth-order valence-electron chi connectivity index (χ4n) is 2.23. The molecule has 5 nitrogen and oxygen atoms in total. The summed E-state index contributed by atoms with van der Waals surface area (Å²) in [5, 5.41) is 0. The van der Waals surface area contributed by atoms with Gasteiger partial charge in [0.05, 0.1) is 0 Å². The molecule has 108 valence electrons. The normalized spacial score (nSPS) is 16.1. The number of urea groups is 1. The van der Waals surface area contributed by atoms with Gasteiger partial charge in [-0.15, -0.1) is 0 Å². The molecular formula is C14H24N2O3. The predicted octanol–water partition coefficient (Wildman–Crippen LogP) is 2.55. The SMILES string of the molecule is CCCC(=O)N(CCC)C(=O)N1CCCCCC1=O. The molecule has 0 radical (unpaired) electrons. The lowest BCUT2D eigenvalue weighted by Gasteiger charge is -2.27. The third-order valence-electron chi connectivity index (χ3n) is 3.25. The van der Waals surface area contributed by atoms with Crippen LogP contribution in [-0.2, 0) is 9.59 Å². The van der Waals surface area contributed by atoms with Crippen molar-refractivity contribution < 1.29 is 14.4 Å². The van der Waals surface area contributed by atoms with Crippen LogP contribution in [0.5, 0.6) is 0 Å². The molecule has 5 heteroatoms. The van der Waals surface area contributed by atoms with Crippen LogP contribution in [0.3, 0.4) is 0 Å². The minimum atomic E-state index is -0.424. The molecular weight excluding hydrogens is 244 g/mol. The zero-order valence-electron chi connectivity index (χ0n) is 12.0. The number of hydrogen-bond acceptors (Lipinski definition) is 3. The van der Waals surface area contributed by atoms with Gasteiger partial charge in [0, 0.05) is 25.9 Å². The molecule has 0 aromatic rings. The van der Waals surface area contributed by atoms with Crippen LogP contribution in [0.25, 0.3) is 0 Å². The number of amides is 4. The van der Waals surface area contributed by atoms with Crippen LogP contribution in [0.15, 0.2) is 0 Å². The van der Waals surface area contributed by atoms with Crippen molar-refractivity contribution in [1.82, 2.24) is 9.80 Å². The lowest BCUT2D eigenvalue weighted by Crippen LogP contribution is -2.48. The van der Waals surface area contributed by atoms with Crippen LogP contribution in [0.2, 0.25) is 0 Å². The maximum absolute atomic E-state index is 12.4. The summed E-state index contributed by atoms with van der Waals surface area (Å²) in [7, 11) is 0. The van der Waals surface area contributed by atoms with Gasteiger partial charge in [0.2, 0.25) is 11.8 Å². The van der Waals surface area contributed by atoms with Crippen molar-refractivity contribution in [3.05, 3.63) is 0 Å². The molecule has 0 aliphatic carbocycles. The molecule has 4 amide bonds. The quantitative estimate of drug-likeness (QED) is 0.787. The summed E-state index contributed by atoms with van der Waals surface area (Å²) < 4.78 is 0. The summed E-state index contributed by atoms with van der Waals surface area (Å²) >= 11 is 0.